The second kappa shape index (κ2) is 6.45. The molecule has 4 rings (SSSR count). The first-order chi connectivity index (χ1) is 12.5. The SMILES string of the molecule is CC(C)(C)c1ccc(-n2c(Cc3ccccc3)nc3ccccc32)cc1. The number of fused-ring (bicyclic) bond motifs is 1. The van der Waals surface area contributed by atoms with Gasteiger partial charge in [0.05, 0.1) is 11.0 Å². The first kappa shape index (κ1) is 16.6. The van der Waals surface area contributed by atoms with Crippen molar-refractivity contribution in [3.8, 4) is 5.69 Å². The average Bonchev–Trinajstić information content (AvgIpc) is 2.99. The molecule has 0 fully saturated rings. The summed E-state index contributed by atoms with van der Waals surface area (Å²) in [5, 5.41) is 0. The van der Waals surface area contributed by atoms with E-state index in [0.29, 0.717) is 0 Å². The maximum atomic E-state index is 4.92. The largest absolute Gasteiger partial charge is 0.296 e. The summed E-state index contributed by atoms with van der Waals surface area (Å²) in [6, 6.07) is 27.8. The van der Waals surface area contributed by atoms with E-state index in [0.717, 1.165) is 29.0 Å². The maximum Gasteiger partial charge on any atom is 0.118 e. The van der Waals surface area contributed by atoms with Crippen molar-refractivity contribution in [2.24, 2.45) is 0 Å². The first-order valence-corrected chi connectivity index (χ1v) is 9.13. The summed E-state index contributed by atoms with van der Waals surface area (Å²) in [5.74, 6) is 1.07. The zero-order chi connectivity index (χ0) is 18.1. The zero-order valence-electron chi connectivity index (χ0n) is 15.6. The minimum absolute atomic E-state index is 0.155. The summed E-state index contributed by atoms with van der Waals surface area (Å²) in [5.41, 5.74) is 6.13. The van der Waals surface area contributed by atoms with E-state index in [1.807, 2.05) is 0 Å². The molecule has 0 N–H and O–H groups in total. The summed E-state index contributed by atoms with van der Waals surface area (Å²) >= 11 is 0. The topological polar surface area (TPSA) is 17.8 Å². The van der Waals surface area contributed by atoms with Crippen LogP contribution in [-0.2, 0) is 11.8 Å². The second-order valence-corrected chi connectivity index (χ2v) is 7.81. The lowest BCUT2D eigenvalue weighted by Crippen LogP contribution is -2.11. The highest BCUT2D eigenvalue weighted by Gasteiger charge is 2.16. The molecule has 0 aliphatic carbocycles. The second-order valence-electron chi connectivity index (χ2n) is 7.81. The number of nitrogens with zero attached hydrogens (tertiary/aromatic N) is 2. The van der Waals surface area contributed by atoms with Gasteiger partial charge in [-0.2, -0.15) is 0 Å². The van der Waals surface area contributed by atoms with Crippen molar-refractivity contribution < 1.29 is 0 Å². The van der Waals surface area contributed by atoms with Crippen LogP contribution in [0.15, 0.2) is 78.9 Å². The summed E-state index contributed by atoms with van der Waals surface area (Å²) in [4.78, 5) is 4.92. The normalized spacial score (nSPS) is 11.8. The predicted octanol–water partition coefficient (Wildman–Crippen LogP) is 5.91. The molecule has 0 unspecified atom stereocenters. The molecule has 26 heavy (non-hydrogen) atoms. The Morgan fingerprint density at radius 2 is 1.42 bits per heavy atom. The fraction of sp³-hybridized carbons (Fsp3) is 0.208. The van der Waals surface area contributed by atoms with Gasteiger partial charge < -0.3 is 0 Å². The third kappa shape index (κ3) is 3.15. The van der Waals surface area contributed by atoms with Crippen molar-refractivity contribution in [2.75, 3.05) is 0 Å². The summed E-state index contributed by atoms with van der Waals surface area (Å²) in [7, 11) is 0. The van der Waals surface area contributed by atoms with Gasteiger partial charge >= 0.3 is 0 Å². The average molecular weight is 340 g/mol. The zero-order valence-corrected chi connectivity index (χ0v) is 15.6. The van der Waals surface area contributed by atoms with Gasteiger partial charge in [-0.15, -0.1) is 0 Å². The fourth-order valence-corrected chi connectivity index (χ4v) is 3.37. The van der Waals surface area contributed by atoms with E-state index in [1.165, 1.54) is 11.1 Å². The molecule has 0 aliphatic heterocycles. The van der Waals surface area contributed by atoms with Gasteiger partial charge in [-0.1, -0.05) is 75.4 Å². The van der Waals surface area contributed by atoms with Gasteiger partial charge in [-0.3, -0.25) is 4.57 Å². The van der Waals surface area contributed by atoms with Gasteiger partial charge in [0.25, 0.3) is 0 Å². The van der Waals surface area contributed by atoms with E-state index in [9.17, 15) is 0 Å². The van der Waals surface area contributed by atoms with E-state index < -0.39 is 0 Å². The number of hydrogen-bond donors (Lipinski definition) is 0. The van der Waals surface area contributed by atoms with E-state index >= 15 is 0 Å². The third-order valence-electron chi connectivity index (χ3n) is 4.83. The van der Waals surface area contributed by atoms with Crippen LogP contribution in [0, 0.1) is 0 Å². The van der Waals surface area contributed by atoms with E-state index in [-0.39, 0.29) is 5.41 Å². The summed E-state index contributed by atoms with van der Waals surface area (Å²) in [6.45, 7) is 6.74. The monoisotopic (exact) mass is 340 g/mol. The molecular formula is C24H24N2. The third-order valence-corrected chi connectivity index (χ3v) is 4.83. The van der Waals surface area contributed by atoms with E-state index in [4.69, 9.17) is 4.98 Å². The van der Waals surface area contributed by atoms with Crippen LogP contribution in [0.4, 0.5) is 0 Å². The van der Waals surface area contributed by atoms with Crippen molar-refractivity contribution in [3.63, 3.8) is 0 Å². The van der Waals surface area contributed by atoms with Crippen LogP contribution in [0.25, 0.3) is 16.7 Å². The lowest BCUT2D eigenvalue weighted by atomic mass is 9.87. The molecule has 2 heteroatoms. The molecule has 0 saturated heterocycles. The van der Waals surface area contributed by atoms with Crippen molar-refractivity contribution >= 4 is 11.0 Å². The van der Waals surface area contributed by atoms with Gasteiger partial charge in [0.1, 0.15) is 5.82 Å². The molecule has 0 bridgehead atoms. The van der Waals surface area contributed by atoms with Gasteiger partial charge in [-0.25, -0.2) is 4.98 Å². The standard InChI is InChI=1S/C24H24N2/c1-24(2,3)19-13-15-20(16-14-19)26-22-12-8-7-11-21(22)25-23(26)17-18-9-5-4-6-10-18/h4-16H,17H2,1-3H3. The molecular weight excluding hydrogens is 316 g/mol. The summed E-state index contributed by atoms with van der Waals surface area (Å²) < 4.78 is 2.29. The molecule has 0 radical (unpaired) electrons. The Balaban J connectivity index is 1.83. The summed E-state index contributed by atoms with van der Waals surface area (Å²) in [6.07, 6.45) is 0.816. The van der Waals surface area contributed by atoms with Gasteiger partial charge in [0.15, 0.2) is 0 Å². The van der Waals surface area contributed by atoms with E-state index in [2.05, 4.69) is 104 Å². The van der Waals surface area contributed by atoms with Crippen molar-refractivity contribution in [3.05, 3.63) is 95.8 Å². The Hall–Kier alpha value is -2.87. The maximum absolute atomic E-state index is 4.92. The molecule has 0 atom stereocenters. The molecule has 130 valence electrons. The van der Waals surface area contributed by atoms with Crippen LogP contribution in [0.1, 0.15) is 37.7 Å². The van der Waals surface area contributed by atoms with Crippen LogP contribution >= 0.6 is 0 Å². The number of aromatic nitrogens is 2. The Morgan fingerprint density at radius 3 is 2.12 bits per heavy atom. The quantitative estimate of drug-likeness (QED) is 0.453. The van der Waals surface area contributed by atoms with Crippen LogP contribution in [0.5, 0.6) is 0 Å². The van der Waals surface area contributed by atoms with Gasteiger partial charge in [0.2, 0.25) is 0 Å². The molecule has 1 heterocycles. The smallest absolute Gasteiger partial charge is 0.118 e. The minimum atomic E-state index is 0.155. The number of imidazole rings is 1. The van der Waals surface area contributed by atoms with Crippen LogP contribution < -0.4 is 0 Å². The molecule has 0 amide bonds. The van der Waals surface area contributed by atoms with Crippen LogP contribution in [0.2, 0.25) is 0 Å². The van der Waals surface area contributed by atoms with Gasteiger partial charge in [-0.05, 0) is 40.8 Å². The van der Waals surface area contributed by atoms with Crippen molar-refractivity contribution in [1.29, 1.82) is 0 Å². The fourth-order valence-electron chi connectivity index (χ4n) is 3.37. The highest BCUT2D eigenvalue weighted by atomic mass is 15.1. The Labute approximate surface area is 155 Å². The Morgan fingerprint density at radius 1 is 0.769 bits per heavy atom. The minimum Gasteiger partial charge on any atom is -0.296 e. The van der Waals surface area contributed by atoms with Crippen molar-refractivity contribution in [2.45, 2.75) is 32.6 Å². The molecule has 2 nitrogen and oxygen atoms in total. The number of hydrogen-bond acceptors (Lipinski definition) is 1. The lowest BCUT2D eigenvalue weighted by Gasteiger charge is -2.19. The van der Waals surface area contributed by atoms with Crippen LogP contribution in [0.3, 0.4) is 0 Å². The van der Waals surface area contributed by atoms with Crippen molar-refractivity contribution in [1.82, 2.24) is 9.55 Å². The Kier molecular flexibility index (Phi) is 4.12. The highest BCUT2D eigenvalue weighted by molar-refractivity contribution is 5.78. The molecule has 0 spiro atoms. The molecule has 1 aromatic heterocycles. The molecule has 0 aliphatic rings. The Bertz CT molecular complexity index is 1020. The molecule has 3 aromatic carbocycles. The van der Waals surface area contributed by atoms with Gasteiger partial charge in [0, 0.05) is 12.1 Å². The van der Waals surface area contributed by atoms with E-state index in [1.54, 1.807) is 0 Å². The molecule has 0 saturated carbocycles. The van der Waals surface area contributed by atoms with Crippen LogP contribution in [-0.4, -0.2) is 9.55 Å². The number of rotatable bonds is 3. The highest BCUT2D eigenvalue weighted by Crippen LogP contribution is 2.27. The first-order valence-electron chi connectivity index (χ1n) is 9.13. The predicted molar refractivity (Wildman–Crippen MR) is 109 cm³/mol. The molecule has 4 aromatic rings. The number of para-hydroxylation sites is 2. The lowest BCUT2D eigenvalue weighted by molar-refractivity contribution is 0.590. The number of benzene rings is 3.